The Hall–Kier alpha value is -2.01. The lowest BCUT2D eigenvalue weighted by atomic mass is 9.88. The van der Waals surface area contributed by atoms with Crippen LogP contribution in [0.3, 0.4) is 0 Å². The Balaban J connectivity index is 1.94. The van der Waals surface area contributed by atoms with Gasteiger partial charge in [0.2, 0.25) is 0 Å². The van der Waals surface area contributed by atoms with Crippen LogP contribution in [0.25, 0.3) is 0 Å². The summed E-state index contributed by atoms with van der Waals surface area (Å²) >= 11 is 6.11. The molecule has 1 aliphatic rings. The quantitative estimate of drug-likeness (QED) is 0.906. The highest BCUT2D eigenvalue weighted by molar-refractivity contribution is 6.30. The number of aryl methyl sites for hydroxylation is 1. The van der Waals surface area contributed by atoms with Crippen LogP contribution in [0.5, 0.6) is 0 Å². The minimum absolute atomic E-state index is 0.0439. The van der Waals surface area contributed by atoms with Gasteiger partial charge in [0.25, 0.3) is 5.56 Å². The first kappa shape index (κ1) is 15.9. The van der Waals surface area contributed by atoms with E-state index in [1.165, 1.54) is 16.2 Å². The number of rotatable bonds is 3. The molecule has 1 heterocycles. The van der Waals surface area contributed by atoms with E-state index in [1.54, 1.807) is 0 Å². The molecular formula is C17H20ClN3O2. The topological polar surface area (TPSA) is 66.9 Å². The molecule has 0 bridgehead atoms. The molecule has 0 radical (unpaired) electrons. The number of hydrogen-bond acceptors (Lipinski definition) is 3. The zero-order valence-electron chi connectivity index (χ0n) is 13.2. The van der Waals surface area contributed by atoms with Gasteiger partial charge in [-0.2, -0.15) is 0 Å². The molecule has 1 aliphatic carbocycles. The number of nitrogens with one attached hydrogen (secondary N) is 2. The highest BCUT2D eigenvalue weighted by Gasteiger charge is 2.21. The molecule has 0 amide bonds. The molecule has 23 heavy (non-hydrogen) atoms. The molecule has 6 heteroatoms. The second-order valence-corrected chi connectivity index (χ2v) is 6.66. The summed E-state index contributed by atoms with van der Waals surface area (Å²) in [6, 6.07) is 7.22. The number of halogens is 1. The largest absolute Gasteiger partial charge is 0.365 e. The minimum Gasteiger partial charge on any atom is -0.365 e. The number of anilines is 1. The monoisotopic (exact) mass is 333 g/mol. The van der Waals surface area contributed by atoms with Crippen molar-refractivity contribution in [1.29, 1.82) is 0 Å². The van der Waals surface area contributed by atoms with Gasteiger partial charge in [-0.05, 0) is 56.4 Å². The zero-order chi connectivity index (χ0) is 16.6. The lowest BCUT2D eigenvalue weighted by molar-refractivity contribution is 0.544. The van der Waals surface area contributed by atoms with Gasteiger partial charge in [0.15, 0.2) is 0 Å². The molecule has 1 aromatic heterocycles. The lowest BCUT2D eigenvalue weighted by Gasteiger charge is -2.27. The Morgan fingerprint density at radius 2 is 2.09 bits per heavy atom. The molecule has 122 valence electrons. The van der Waals surface area contributed by atoms with E-state index in [9.17, 15) is 9.59 Å². The van der Waals surface area contributed by atoms with Crippen LogP contribution in [0.15, 0.2) is 33.9 Å². The van der Waals surface area contributed by atoms with Gasteiger partial charge < -0.3 is 5.32 Å². The normalized spacial score (nSPS) is 17.1. The smallest absolute Gasteiger partial charge is 0.330 e. The van der Waals surface area contributed by atoms with Crippen molar-refractivity contribution < 1.29 is 0 Å². The molecular weight excluding hydrogens is 314 g/mol. The molecule has 2 aromatic rings. The van der Waals surface area contributed by atoms with Crippen molar-refractivity contribution in [2.75, 3.05) is 5.32 Å². The highest BCUT2D eigenvalue weighted by atomic mass is 35.5. The summed E-state index contributed by atoms with van der Waals surface area (Å²) in [5.74, 6) is 0.453. The molecule has 1 aromatic carbocycles. The summed E-state index contributed by atoms with van der Waals surface area (Å²) in [5.41, 5.74) is 1.71. The van der Waals surface area contributed by atoms with Crippen molar-refractivity contribution in [3.05, 3.63) is 61.3 Å². The van der Waals surface area contributed by atoms with Crippen molar-refractivity contribution >= 4 is 17.4 Å². The molecule has 0 fully saturated rings. The van der Waals surface area contributed by atoms with E-state index >= 15 is 0 Å². The number of nitrogens with zero attached hydrogens (tertiary/aromatic N) is 1. The summed E-state index contributed by atoms with van der Waals surface area (Å²) < 4.78 is 1.21. The van der Waals surface area contributed by atoms with Gasteiger partial charge in [-0.3, -0.25) is 14.3 Å². The maximum atomic E-state index is 12.1. The van der Waals surface area contributed by atoms with E-state index in [1.807, 2.05) is 32.0 Å². The van der Waals surface area contributed by atoms with Crippen molar-refractivity contribution in [2.45, 2.75) is 45.2 Å². The van der Waals surface area contributed by atoms with Gasteiger partial charge in [-0.15, -0.1) is 0 Å². The van der Waals surface area contributed by atoms with Gasteiger partial charge in [0.1, 0.15) is 5.82 Å². The SMILES string of the molecule is CC(C)n1c(=O)cc(N[C@H]2CCCc3ccc(Cl)cc32)[nH]c1=O. The molecule has 0 unspecified atom stereocenters. The average molecular weight is 334 g/mol. The summed E-state index contributed by atoms with van der Waals surface area (Å²) in [7, 11) is 0. The molecule has 1 atom stereocenters. The molecule has 5 nitrogen and oxygen atoms in total. The molecule has 0 spiro atoms. The van der Waals surface area contributed by atoms with E-state index in [0.29, 0.717) is 10.8 Å². The van der Waals surface area contributed by atoms with E-state index in [2.05, 4.69) is 10.3 Å². The third-order valence-electron chi connectivity index (χ3n) is 4.23. The minimum atomic E-state index is -0.392. The standard InChI is InChI=1S/C17H20ClN3O2/c1-10(2)21-16(22)9-15(20-17(21)23)19-14-5-3-4-11-6-7-12(18)8-13(11)14/h6-10,14,19H,3-5H2,1-2H3,(H,20,23)/t14-/m0/s1. The van der Waals surface area contributed by atoms with Gasteiger partial charge in [0, 0.05) is 17.1 Å². The molecule has 3 rings (SSSR count). The van der Waals surface area contributed by atoms with Crippen molar-refractivity contribution in [3.8, 4) is 0 Å². The van der Waals surface area contributed by atoms with Crippen LogP contribution >= 0.6 is 11.6 Å². The van der Waals surface area contributed by atoms with E-state index in [0.717, 1.165) is 24.8 Å². The maximum absolute atomic E-state index is 12.1. The summed E-state index contributed by atoms with van der Waals surface area (Å²) in [5, 5.41) is 3.98. The van der Waals surface area contributed by atoms with Gasteiger partial charge >= 0.3 is 5.69 Å². The lowest BCUT2D eigenvalue weighted by Crippen LogP contribution is -2.36. The zero-order valence-corrected chi connectivity index (χ0v) is 14.0. The number of H-pyrrole nitrogens is 1. The average Bonchev–Trinajstić information content (AvgIpc) is 2.46. The molecule has 0 saturated heterocycles. The number of benzene rings is 1. The van der Waals surface area contributed by atoms with Crippen molar-refractivity contribution in [2.24, 2.45) is 0 Å². The Morgan fingerprint density at radius 3 is 2.78 bits per heavy atom. The summed E-state index contributed by atoms with van der Waals surface area (Å²) in [6.07, 6.45) is 3.01. The van der Waals surface area contributed by atoms with Crippen LogP contribution in [-0.2, 0) is 6.42 Å². The van der Waals surface area contributed by atoms with E-state index in [-0.39, 0.29) is 17.6 Å². The molecule has 0 saturated carbocycles. The van der Waals surface area contributed by atoms with Crippen LogP contribution < -0.4 is 16.6 Å². The number of aromatic amines is 1. The first-order valence-electron chi connectivity index (χ1n) is 7.86. The second kappa shape index (κ2) is 6.24. The van der Waals surface area contributed by atoms with Crippen molar-refractivity contribution in [1.82, 2.24) is 9.55 Å². The summed E-state index contributed by atoms with van der Waals surface area (Å²) in [6.45, 7) is 3.62. The fourth-order valence-corrected chi connectivity index (χ4v) is 3.36. The van der Waals surface area contributed by atoms with Crippen LogP contribution in [0.2, 0.25) is 5.02 Å². The van der Waals surface area contributed by atoms with Crippen molar-refractivity contribution in [3.63, 3.8) is 0 Å². The molecule has 2 N–H and O–H groups in total. The predicted molar refractivity (Wildman–Crippen MR) is 92.5 cm³/mol. The fourth-order valence-electron chi connectivity index (χ4n) is 3.18. The Morgan fingerprint density at radius 1 is 1.30 bits per heavy atom. The first-order valence-corrected chi connectivity index (χ1v) is 8.24. The third kappa shape index (κ3) is 3.20. The Labute approximate surface area is 139 Å². The first-order chi connectivity index (χ1) is 11.0. The maximum Gasteiger partial charge on any atom is 0.330 e. The van der Waals surface area contributed by atoms with Gasteiger partial charge in [-0.1, -0.05) is 17.7 Å². The highest BCUT2D eigenvalue weighted by Crippen LogP contribution is 2.33. The van der Waals surface area contributed by atoms with E-state index < -0.39 is 5.69 Å². The van der Waals surface area contributed by atoms with Gasteiger partial charge in [-0.25, -0.2) is 4.79 Å². The number of aromatic nitrogens is 2. The van der Waals surface area contributed by atoms with Crippen LogP contribution in [0.4, 0.5) is 5.82 Å². The third-order valence-corrected chi connectivity index (χ3v) is 4.47. The van der Waals surface area contributed by atoms with Crippen LogP contribution in [0, 0.1) is 0 Å². The van der Waals surface area contributed by atoms with E-state index in [4.69, 9.17) is 11.6 Å². The number of hydrogen-bond donors (Lipinski definition) is 2. The second-order valence-electron chi connectivity index (χ2n) is 6.22. The van der Waals surface area contributed by atoms with Gasteiger partial charge in [0.05, 0.1) is 6.04 Å². The van der Waals surface area contributed by atoms with Crippen LogP contribution in [-0.4, -0.2) is 9.55 Å². The predicted octanol–water partition coefficient (Wildman–Crippen LogP) is 3.26. The Kier molecular flexibility index (Phi) is 4.31. The molecule has 0 aliphatic heterocycles. The number of fused-ring (bicyclic) bond motifs is 1. The Bertz CT molecular complexity index is 807. The summed E-state index contributed by atoms with van der Waals surface area (Å²) in [4.78, 5) is 27.0. The van der Waals surface area contributed by atoms with Crippen LogP contribution in [0.1, 0.15) is 49.9 Å². The fraction of sp³-hybridized carbons (Fsp3) is 0.412.